The fourth-order valence-electron chi connectivity index (χ4n) is 4.38. The highest BCUT2D eigenvalue weighted by Gasteiger charge is 2.31. The number of carbonyl (C=O) groups is 1. The largest absolute Gasteiger partial charge is 0.478 e. The van der Waals surface area contributed by atoms with Crippen molar-refractivity contribution >= 4 is 28.7 Å². The first kappa shape index (κ1) is 23.2. The fraction of sp³-hybridized carbons (Fsp3) is 0.522. The Hall–Kier alpha value is -3.01. The van der Waals surface area contributed by atoms with Crippen LogP contribution < -0.4 is 5.73 Å². The number of fused-ring (bicyclic) bond motifs is 1. The van der Waals surface area contributed by atoms with Gasteiger partial charge in [0, 0.05) is 38.0 Å². The number of benzene rings is 1. The molecule has 0 bridgehead atoms. The Balaban J connectivity index is 1.25. The van der Waals surface area contributed by atoms with Gasteiger partial charge in [0.25, 0.3) is 6.43 Å². The molecule has 4 rings (SSSR count). The topological polar surface area (TPSA) is 100 Å². The number of rotatable bonds is 8. The number of halogens is 2. The molecule has 8 nitrogen and oxygen atoms in total. The minimum atomic E-state index is -2.81. The van der Waals surface area contributed by atoms with E-state index in [9.17, 15) is 13.6 Å². The minimum Gasteiger partial charge on any atom is -0.478 e. The first-order valence-electron chi connectivity index (χ1n) is 11.4. The summed E-state index contributed by atoms with van der Waals surface area (Å²) in [7, 11) is 0. The molecule has 0 saturated carbocycles. The van der Waals surface area contributed by atoms with Gasteiger partial charge in [-0.2, -0.15) is 0 Å². The molecule has 2 aliphatic heterocycles. The highest BCUT2D eigenvalue weighted by atomic mass is 19.3. The van der Waals surface area contributed by atoms with E-state index in [0.29, 0.717) is 30.5 Å². The van der Waals surface area contributed by atoms with E-state index in [1.165, 1.54) is 25.3 Å². The van der Waals surface area contributed by atoms with E-state index in [-0.39, 0.29) is 30.2 Å². The van der Waals surface area contributed by atoms with Crippen molar-refractivity contribution in [2.75, 3.05) is 39.3 Å². The van der Waals surface area contributed by atoms with Crippen molar-refractivity contribution < 1.29 is 18.3 Å². The molecule has 3 heterocycles. The number of carbonyl (C=O) groups excluding carboxylic acids is 1. The molecule has 3 N–H and O–H groups in total. The van der Waals surface area contributed by atoms with Crippen LogP contribution in [0.2, 0.25) is 0 Å². The molecular formula is C23H30F2N6O2. The van der Waals surface area contributed by atoms with Crippen LogP contribution in [0.3, 0.4) is 0 Å². The lowest BCUT2D eigenvalue weighted by molar-refractivity contribution is -0.138. The summed E-state index contributed by atoms with van der Waals surface area (Å²) in [6.45, 7) is 4.45. The Morgan fingerprint density at radius 2 is 1.97 bits per heavy atom. The maximum Gasteiger partial charge on any atom is 0.296 e. The molecule has 0 atom stereocenters. The Morgan fingerprint density at radius 1 is 1.24 bits per heavy atom. The number of nitrogens with one attached hydrogen (secondary N) is 1. The van der Waals surface area contributed by atoms with Gasteiger partial charge >= 0.3 is 0 Å². The number of hydrogen-bond acceptors (Lipinski definition) is 6. The number of nitrogens with two attached hydrogens (primary N) is 1. The van der Waals surface area contributed by atoms with Gasteiger partial charge in [0.05, 0.1) is 17.6 Å². The monoisotopic (exact) mass is 460 g/mol. The van der Waals surface area contributed by atoms with E-state index in [4.69, 9.17) is 15.9 Å². The first-order chi connectivity index (χ1) is 15.9. The van der Waals surface area contributed by atoms with E-state index in [0.717, 1.165) is 24.2 Å². The lowest BCUT2D eigenvalue weighted by Gasteiger charge is -2.39. The number of nitrogens with zero attached hydrogens (tertiary/aromatic N) is 4. The molecule has 0 spiro atoms. The Kier molecular flexibility index (Phi) is 7.22. The summed E-state index contributed by atoms with van der Waals surface area (Å²) in [6, 6.07) is 6.69. The van der Waals surface area contributed by atoms with Gasteiger partial charge in [0.1, 0.15) is 5.82 Å². The summed E-state index contributed by atoms with van der Waals surface area (Å²) in [5.74, 6) is -0.463. The van der Waals surface area contributed by atoms with Crippen LogP contribution in [-0.4, -0.2) is 70.5 Å². The molecule has 0 radical (unpaired) electrons. The Labute approximate surface area is 191 Å². The van der Waals surface area contributed by atoms with Gasteiger partial charge in [-0.15, -0.1) is 0 Å². The molecule has 1 amide bonds. The molecule has 0 unspecified atom stereocenters. The highest BCUT2D eigenvalue weighted by molar-refractivity contribution is 5.91. The van der Waals surface area contributed by atoms with Crippen LogP contribution in [0.15, 0.2) is 30.3 Å². The molecule has 0 aliphatic carbocycles. The normalized spacial score (nSPS) is 18.0. The van der Waals surface area contributed by atoms with E-state index >= 15 is 0 Å². The van der Waals surface area contributed by atoms with Crippen molar-refractivity contribution in [1.29, 1.82) is 5.41 Å². The fourth-order valence-corrected chi connectivity index (χ4v) is 4.38. The third-order valence-corrected chi connectivity index (χ3v) is 6.19. The van der Waals surface area contributed by atoms with E-state index in [1.54, 1.807) is 24.3 Å². The first-order valence-corrected chi connectivity index (χ1v) is 11.4. The van der Waals surface area contributed by atoms with E-state index in [2.05, 4.69) is 9.88 Å². The number of ether oxygens (including phenoxy) is 1. The van der Waals surface area contributed by atoms with Gasteiger partial charge in [0.15, 0.2) is 5.82 Å². The van der Waals surface area contributed by atoms with Gasteiger partial charge in [-0.3, -0.25) is 14.8 Å². The van der Waals surface area contributed by atoms with Crippen LogP contribution in [0, 0.1) is 11.3 Å². The molecule has 1 aromatic heterocycles. The lowest BCUT2D eigenvalue weighted by Crippen LogP contribution is -2.52. The number of aromatic nitrogens is 2. The predicted octanol–water partition coefficient (Wildman–Crippen LogP) is 3.06. The maximum atomic E-state index is 13.4. The maximum absolute atomic E-state index is 13.4. The summed E-state index contributed by atoms with van der Waals surface area (Å²) in [6.07, 6.45) is 2.63. The number of hydrogen-bond donors (Lipinski definition) is 2. The van der Waals surface area contributed by atoms with Crippen molar-refractivity contribution in [2.24, 2.45) is 11.7 Å². The second kappa shape index (κ2) is 10.3. The molecule has 2 aromatic rings. The van der Waals surface area contributed by atoms with Gasteiger partial charge in [0.2, 0.25) is 11.8 Å². The summed E-state index contributed by atoms with van der Waals surface area (Å²) in [5, 5.41) is 8.03. The van der Waals surface area contributed by atoms with Crippen molar-refractivity contribution in [1.82, 2.24) is 19.4 Å². The van der Waals surface area contributed by atoms with Crippen molar-refractivity contribution in [3.8, 4) is 0 Å². The van der Waals surface area contributed by atoms with Crippen LogP contribution in [0.4, 0.5) is 8.78 Å². The summed E-state index contributed by atoms with van der Waals surface area (Å²) < 4.78 is 33.5. The second-order valence-corrected chi connectivity index (χ2v) is 8.66. The van der Waals surface area contributed by atoms with Gasteiger partial charge in [-0.25, -0.2) is 13.8 Å². The summed E-state index contributed by atoms with van der Waals surface area (Å²) in [4.78, 5) is 20.5. The Morgan fingerprint density at radius 3 is 2.70 bits per heavy atom. The predicted molar refractivity (Wildman–Crippen MR) is 122 cm³/mol. The van der Waals surface area contributed by atoms with Crippen LogP contribution in [0.1, 0.15) is 37.9 Å². The molecule has 178 valence electrons. The average Bonchev–Trinajstić information content (AvgIpc) is 3.17. The lowest BCUT2D eigenvalue weighted by atomic mass is 10.0. The smallest absolute Gasteiger partial charge is 0.296 e. The SMILES string of the molecule is N=C(/C=C(\N)n1c(C(F)F)nc2ccccc21)OCC1CN(C(=O)CCN2CCCCC2)C1. The average molecular weight is 461 g/mol. The quantitative estimate of drug-likeness (QED) is 0.466. The van der Waals surface area contributed by atoms with Gasteiger partial charge in [-0.1, -0.05) is 18.6 Å². The van der Waals surface area contributed by atoms with Crippen molar-refractivity contribution in [2.45, 2.75) is 32.1 Å². The van der Waals surface area contributed by atoms with Crippen LogP contribution in [0.25, 0.3) is 16.9 Å². The van der Waals surface area contributed by atoms with E-state index < -0.39 is 12.2 Å². The third kappa shape index (κ3) is 5.50. The molecule has 2 aliphatic rings. The van der Waals surface area contributed by atoms with Crippen LogP contribution in [-0.2, 0) is 9.53 Å². The molecule has 1 aromatic carbocycles. The van der Waals surface area contributed by atoms with Gasteiger partial charge < -0.3 is 20.3 Å². The number of amides is 1. The zero-order valence-electron chi connectivity index (χ0n) is 18.6. The molecule has 2 fully saturated rings. The molecule has 2 saturated heterocycles. The third-order valence-electron chi connectivity index (χ3n) is 6.19. The van der Waals surface area contributed by atoms with Crippen molar-refractivity contribution in [3.63, 3.8) is 0 Å². The summed E-state index contributed by atoms with van der Waals surface area (Å²) >= 11 is 0. The molecular weight excluding hydrogens is 430 g/mol. The standard InChI is InChI=1S/C23H30F2N6O2/c24-22(25)23-28-17-6-2-3-7-18(17)31(23)19(26)12-20(27)33-15-16-13-30(14-16)21(32)8-11-29-9-4-1-5-10-29/h2-3,6-7,12,16,22,27H,1,4-5,8-11,13-15,26H2/b19-12+,27-20?. The Bertz CT molecular complexity index is 1030. The zero-order chi connectivity index (χ0) is 23.4. The number of piperidine rings is 1. The number of imidazole rings is 1. The second-order valence-electron chi connectivity index (χ2n) is 8.66. The number of alkyl halides is 2. The van der Waals surface area contributed by atoms with Crippen LogP contribution in [0.5, 0.6) is 0 Å². The molecule has 33 heavy (non-hydrogen) atoms. The van der Waals surface area contributed by atoms with Crippen molar-refractivity contribution in [3.05, 3.63) is 36.2 Å². The zero-order valence-corrected chi connectivity index (χ0v) is 18.6. The summed E-state index contributed by atoms with van der Waals surface area (Å²) in [5.41, 5.74) is 6.86. The molecule has 10 heteroatoms. The minimum absolute atomic E-state index is 0.0628. The number of likely N-dealkylation sites (tertiary alicyclic amines) is 2. The number of para-hydroxylation sites is 2. The highest BCUT2D eigenvalue weighted by Crippen LogP contribution is 2.26. The van der Waals surface area contributed by atoms with E-state index in [1.807, 2.05) is 4.90 Å². The van der Waals surface area contributed by atoms with Crippen LogP contribution >= 0.6 is 0 Å². The van der Waals surface area contributed by atoms with Gasteiger partial charge in [-0.05, 0) is 38.1 Å².